The fraction of sp³-hybridized carbons (Fsp3) is 0.905. The Balaban J connectivity index is 2.15. The first kappa shape index (κ1) is 19.7. The van der Waals surface area contributed by atoms with Crippen LogP contribution in [0.25, 0.3) is 0 Å². The van der Waals surface area contributed by atoms with Gasteiger partial charge in [-0.2, -0.15) is 0 Å². The molecule has 0 unspecified atom stereocenters. The second-order valence-electron chi connectivity index (χ2n) is 9.19. The van der Waals surface area contributed by atoms with Gasteiger partial charge in [0.1, 0.15) is 0 Å². The van der Waals surface area contributed by atoms with E-state index in [0.717, 1.165) is 5.92 Å². The summed E-state index contributed by atoms with van der Waals surface area (Å²) in [7, 11) is 4.70. The summed E-state index contributed by atoms with van der Waals surface area (Å²) in [5, 5.41) is 0. The van der Waals surface area contributed by atoms with E-state index in [1.54, 1.807) is 5.57 Å². The summed E-state index contributed by atoms with van der Waals surface area (Å²) in [5.74, 6) is 1.02. The van der Waals surface area contributed by atoms with E-state index in [0.29, 0.717) is 5.41 Å². The number of unbranched alkanes of at least 4 members (excludes halogenated alkanes) is 1. The second kappa shape index (κ2) is 9.11. The van der Waals surface area contributed by atoms with Gasteiger partial charge in [-0.05, 0) is 63.7 Å². The van der Waals surface area contributed by atoms with Gasteiger partial charge in [-0.25, -0.2) is 0 Å². The van der Waals surface area contributed by atoms with Gasteiger partial charge in [0.05, 0.1) is 27.2 Å². The normalized spacial score (nSPS) is 17.6. The molecule has 1 aliphatic carbocycles. The van der Waals surface area contributed by atoms with Gasteiger partial charge in [0.2, 0.25) is 0 Å². The highest BCUT2D eigenvalue weighted by molar-refractivity contribution is 5.00. The Kier molecular flexibility index (Phi) is 8.17. The molecule has 1 fully saturated rings. The highest BCUT2D eigenvalue weighted by Gasteiger charge is 2.19. The zero-order valence-electron chi connectivity index (χ0n) is 16.4. The molecule has 1 aliphatic rings. The lowest BCUT2D eigenvalue weighted by molar-refractivity contribution is -0.888. The minimum atomic E-state index is 0.511. The SMILES string of the molecule is CC[N+](C)(C)CCCCC(C)(C)CCC=C(C)CC1CCC1. The highest BCUT2D eigenvalue weighted by Crippen LogP contribution is 2.33. The maximum atomic E-state index is 2.52. The van der Waals surface area contributed by atoms with E-state index >= 15 is 0 Å². The predicted octanol–water partition coefficient (Wildman–Crippen LogP) is 6.20. The monoisotopic (exact) mass is 308 g/mol. The molecule has 0 radical (unpaired) electrons. The van der Waals surface area contributed by atoms with Crippen molar-refractivity contribution in [3.05, 3.63) is 11.6 Å². The molecule has 0 spiro atoms. The molecule has 0 saturated heterocycles. The quantitative estimate of drug-likeness (QED) is 0.242. The number of rotatable bonds is 11. The molecule has 0 heterocycles. The van der Waals surface area contributed by atoms with Crippen molar-refractivity contribution >= 4 is 0 Å². The van der Waals surface area contributed by atoms with Crippen LogP contribution in [-0.2, 0) is 0 Å². The van der Waals surface area contributed by atoms with Crippen molar-refractivity contribution in [1.29, 1.82) is 0 Å². The van der Waals surface area contributed by atoms with Crippen molar-refractivity contribution < 1.29 is 4.48 Å². The number of hydrogen-bond donors (Lipinski definition) is 0. The molecule has 1 rings (SSSR count). The summed E-state index contributed by atoms with van der Waals surface area (Å²) < 4.78 is 1.17. The summed E-state index contributed by atoms with van der Waals surface area (Å²) >= 11 is 0. The van der Waals surface area contributed by atoms with Crippen LogP contribution in [0.1, 0.15) is 85.5 Å². The lowest BCUT2D eigenvalue weighted by atomic mass is 9.80. The van der Waals surface area contributed by atoms with E-state index in [-0.39, 0.29) is 0 Å². The molecule has 0 N–H and O–H groups in total. The van der Waals surface area contributed by atoms with Crippen LogP contribution in [0.2, 0.25) is 0 Å². The first-order valence-corrected chi connectivity index (χ1v) is 9.72. The average Bonchev–Trinajstić information content (AvgIpc) is 2.39. The van der Waals surface area contributed by atoms with Gasteiger partial charge in [-0.15, -0.1) is 0 Å². The van der Waals surface area contributed by atoms with Crippen LogP contribution in [0.15, 0.2) is 11.6 Å². The molecule has 0 aliphatic heterocycles. The topological polar surface area (TPSA) is 0 Å². The Bertz CT molecular complexity index is 334. The summed E-state index contributed by atoms with van der Waals surface area (Å²) in [6.45, 7) is 12.1. The van der Waals surface area contributed by atoms with Crippen LogP contribution in [0.5, 0.6) is 0 Å². The largest absolute Gasteiger partial charge is 0.329 e. The van der Waals surface area contributed by atoms with Crippen molar-refractivity contribution in [3.8, 4) is 0 Å². The Hall–Kier alpha value is -0.300. The Morgan fingerprint density at radius 3 is 2.36 bits per heavy atom. The minimum absolute atomic E-state index is 0.511. The van der Waals surface area contributed by atoms with Gasteiger partial charge in [-0.1, -0.05) is 44.8 Å². The molecule has 0 aromatic carbocycles. The maximum Gasteiger partial charge on any atom is 0.0782 e. The molecule has 1 saturated carbocycles. The van der Waals surface area contributed by atoms with Gasteiger partial charge in [-0.3, -0.25) is 0 Å². The van der Waals surface area contributed by atoms with Gasteiger partial charge < -0.3 is 4.48 Å². The van der Waals surface area contributed by atoms with E-state index < -0.39 is 0 Å². The highest BCUT2D eigenvalue weighted by atomic mass is 15.3. The second-order valence-corrected chi connectivity index (χ2v) is 9.19. The smallest absolute Gasteiger partial charge is 0.0782 e. The minimum Gasteiger partial charge on any atom is -0.329 e. The first-order chi connectivity index (χ1) is 10.2. The molecule has 0 aromatic rings. The summed E-state index contributed by atoms with van der Waals surface area (Å²) in [6.07, 6.45) is 15.1. The Labute approximate surface area is 140 Å². The van der Waals surface area contributed by atoms with Crippen LogP contribution in [0.3, 0.4) is 0 Å². The summed E-state index contributed by atoms with van der Waals surface area (Å²) in [4.78, 5) is 0. The molecule has 130 valence electrons. The molecular weight excluding hydrogens is 266 g/mol. The van der Waals surface area contributed by atoms with Gasteiger partial charge in [0, 0.05) is 0 Å². The number of allylic oxidation sites excluding steroid dienone is 2. The predicted molar refractivity (Wildman–Crippen MR) is 100 cm³/mol. The zero-order valence-corrected chi connectivity index (χ0v) is 16.4. The van der Waals surface area contributed by atoms with Crippen molar-refractivity contribution in [2.45, 2.75) is 85.5 Å². The van der Waals surface area contributed by atoms with Crippen molar-refractivity contribution in [1.82, 2.24) is 0 Å². The van der Waals surface area contributed by atoms with Crippen molar-refractivity contribution in [2.24, 2.45) is 11.3 Å². The summed E-state index contributed by atoms with van der Waals surface area (Å²) in [6, 6.07) is 0. The van der Waals surface area contributed by atoms with Crippen LogP contribution >= 0.6 is 0 Å². The van der Waals surface area contributed by atoms with Crippen LogP contribution in [-0.4, -0.2) is 31.7 Å². The molecule has 0 atom stereocenters. The fourth-order valence-corrected chi connectivity index (χ4v) is 3.37. The third-order valence-electron chi connectivity index (χ3n) is 5.87. The summed E-state index contributed by atoms with van der Waals surface area (Å²) in [5.41, 5.74) is 2.15. The van der Waals surface area contributed by atoms with Crippen LogP contribution < -0.4 is 0 Å². The Morgan fingerprint density at radius 1 is 1.14 bits per heavy atom. The molecule has 1 nitrogen and oxygen atoms in total. The fourth-order valence-electron chi connectivity index (χ4n) is 3.37. The number of quaternary nitrogens is 1. The van der Waals surface area contributed by atoms with Gasteiger partial charge in [0.15, 0.2) is 0 Å². The lowest BCUT2D eigenvalue weighted by Crippen LogP contribution is -2.39. The van der Waals surface area contributed by atoms with E-state index in [1.807, 2.05) is 0 Å². The van der Waals surface area contributed by atoms with Gasteiger partial charge in [0.25, 0.3) is 0 Å². The zero-order chi connectivity index (χ0) is 16.6. The standard InChI is InChI=1S/C21H42N/c1-7-22(5,6)17-9-8-15-21(3,4)16-11-12-19(2)18-20-13-10-14-20/h12,20H,7-11,13-18H2,1-6H3/q+1. The average molecular weight is 309 g/mol. The number of nitrogens with zero attached hydrogens (tertiary/aromatic N) is 1. The van der Waals surface area contributed by atoms with Crippen molar-refractivity contribution in [2.75, 3.05) is 27.2 Å². The van der Waals surface area contributed by atoms with E-state index in [2.05, 4.69) is 47.9 Å². The molecule has 0 aromatic heterocycles. The first-order valence-electron chi connectivity index (χ1n) is 9.72. The third kappa shape index (κ3) is 8.36. The molecule has 0 bridgehead atoms. The molecule has 22 heavy (non-hydrogen) atoms. The van der Waals surface area contributed by atoms with E-state index in [4.69, 9.17) is 0 Å². The number of hydrogen-bond acceptors (Lipinski definition) is 0. The Morgan fingerprint density at radius 2 is 1.82 bits per heavy atom. The van der Waals surface area contributed by atoms with Crippen LogP contribution in [0.4, 0.5) is 0 Å². The van der Waals surface area contributed by atoms with Gasteiger partial charge >= 0.3 is 0 Å². The molecular formula is C21H42N+. The third-order valence-corrected chi connectivity index (χ3v) is 5.87. The molecule has 1 heteroatoms. The van der Waals surface area contributed by atoms with E-state index in [9.17, 15) is 0 Å². The molecule has 0 amide bonds. The van der Waals surface area contributed by atoms with Crippen LogP contribution in [0, 0.1) is 11.3 Å². The lowest BCUT2D eigenvalue weighted by Gasteiger charge is -2.29. The maximum absolute atomic E-state index is 2.52. The van der Waals surface area contributed by atoms with Crippen molar-refractivity contribution in [3.63, 3.8) is 0 Å². The van der Waals surface area contributed by atoms with E-state index in [1.165, 1.54) is 75.4 Å².